The zero-order valence-corrected chi connectivity index (χ0v) is 10.1. The molecule has 0 radical (unpaired) electrons. The molecule has 90 valence electrons. The van der Waals surface area contributed by atoms with E-state index in [4.69, 9.17) is 4.74 Å². The summed E-state index contributed by atoms with van der Waals surface area (Å²) in [5.74, 6) is 0. The van der Waals surface area contributed by atoms with Crippen molar-refractivity contribution in [1.82, 2.24) is 4.90 Å². The molecule has 0 N–H and O–H groups in total. The van der Waals surface area contributed by atoms with Gasteiger partial charge in [0, 0.05) is 0 Å². The Bertz CT molecular complexity index is 426. The lowest BCUT2D eigenvalue weighted by Crippen LogP contribution is -2.34. The Kier molecular flexibility index (Phi) is 3.13. The Hall–Kier alpha value is -1.84. The summed E-state index contributed by atoms with van der Waals surface area (Å²) >= 11 is 0. The van der Waals surface area contributed by atoms with Crippen molar-refractivity contribution < 1.29 is 9.53 Å². The van der Waals surface area contributed by atoms with Gasteiger partial charge in [-0.25, -0.2) is 4.79 Å². The maximum Gasteiger partial charge on any atom is 0.415 e. The van der Waals surface area contributed by atoms with Crippen LogP contribution in [0.2, 0.25) is 0 Å². The van der Waals surface area contributed by atoms with Crippen molar-refractivity contribution >= 4 is 12.4 Å². The summed E-state index contributed by atoms with van der Waals surface area (Å²) < 4.78 is 5.20. The normalized spacial score (nSPS) is 17.2. The highest BCUT2D eigenvalue weighted by Crippen LogP contribution is 2.17. The number of carbonyl (C=O) groups is 1. The molecular weight excluding hydrogens is 216 g/mol. The third kappa shape index (κ3) is 3.06. The van der Waals surface area contributed by atoms with E-state index in [1.54, 1.807) is 6.34 Å². The van der Waals surface area contributed by atoms with Gasteiger partial charge in [-0.1, -0.05) is 30.3 Å². The highest BCUT2D eigenvalue weighted by molar-refractivity contribution is 5.84. The molecule has 0 saturated heterocycles. The summed E-state index contributed by atoms with van der Waals surface area (Å²) in [7, 11) is 0. The van der Waals surface area contributed by atoms with E-state index in [2.05, 4.69) is 4.99 Å². The fourth-order valence-electron chi connectivity index (χ4n) is 1.64. The first-order valence-corrected chi connectivity index (χ1v) is 5.59. The maximum atomic E-state index is 11.7. The lowest BCUT2D eigenvalue weighted by atomic mass is 10.1. The van der Waals surface area contributed by atoms with Crippen molar-refractivity contribution in [2.24, 2.45) is 4.99 Å². The molecular formula is C13H16N2O2. The van der Waals surface area contributed by atoms with Crippen LogP contribution in [-0.4, -0.2) is 29.4 Å². The zero-order chi connectivity index (χ0) is 12.3. The molecule has 2 rings (SSSR count). The molecule has 0 saturated carbocycles. The quantitative estimate of drug-likeness (QED) is 0.786. The molecule has 0 atom stereocenters. The number of carbonyl (C=O) groups excluding carboxylic acids is 1. The number of nitrogens with zero attached hydrogens (tertiary/aromatic N) is 2. The number of hydrogen-bond donors (Lipinski definition) is 0. The second-order valence-corrected chi connectivity index (χ2v) is 4.73. The standard InChI is InChI=1S/C13H16N2O2/c1-13(2)9-15(10-14-13)12(16)17-8-11-6-4-3-5-7-11/h3-7,10H,8-9H2,1-2H3. The Morgan fingerprint density at radius 2 is 2.12 bits per heavy atom. The van der Waals surface area contributed by atoms with Gasteiger partial charge in [0.05, 0.1) is 18.4 Å². The van der Waals surface area contributed by atoms with E-state index in [0.717, 1.165) is 5.56 Å². The average Bonchev–Trinajstić information content (AvgIpc) is 2.68. The van der Waals surface area contributed by atoms with E-state index >= 15 is 0 Å². The van der Waals surface area contributed by atoms with Crippen LogP contribution in [0.1, 0.15) is 19.4 Å². The molecule has 1 aromatic carbocycles. The molecule has 0 bridgehead atoms. The average molecular weight is 232 g/mol. The molecule has 0 aromatic heterocycles. The Morgan fingerprint density at radius 3 is 2.71 bits per heavy atom. The van der Waals surface area contributed by atoms with Crippen molar-refractivity contribution in [3.05, 3.63) is 35.9 Å². The number of aliphatic imine (C=N–C) groups is 1. The van der Waals surface area contributed by atoms with Crippen molar-refractivity contribution in [2.45, 2.75) is 26.0 Å². The summed E-state index contributed by atoms with van der Waals surface area (Å²) in [6.45, 7) is 4.83. The van der Waals surface area contributed by atoms with Crippen LogP contribution in [0.25, 0.3) is 0 Å². The Morgan fingerprint density at radius 1 is 1.41 bits per heavy atom. The van der Waals surface area contributed by atoms with Gasteiger partial charge in [-0.2, -0.15) is 0 Å². The highest BCUT2D eigenvalue weighted by atomic mass is 16.6. The predicted octanol–water partition coefficient (Wildman–Crippen LogP) is 2.45. The molecule has 0 unspecified atom stereocenters. The van der Waals surface area contributed by atoms with Gasteiger partial charge in [0.2, 0.25) is 0 Å². The van der Waals surface area contributed by atoms with Crippen LogP contribution in [0.3, 0.4) is 0 Å². The molecule has 0 fully saturated rings. The first kappa shape index (κ1) is 11.6. The monoisotopic (exact) mass is 232 g/mol. The van der Waals surface area contributed by atoms with Crippen LogP contribution in [0.5, 0.6) is 0 Å². The molecule has 1 aliphatic heterocycles. The van der Waals surface area contributed by atoms with Crippen molar-refractivity contribution in [3.8, 4) is 0 Å². The van der Waals surface area contributed by atoms with Gasteiger partial charge in [0.15, 0.2) is 0 Å². The molecule has 1 aromatic rings. The van der Waals surface area contributed by atoms with Crippen LogP contribution in [-0.2, 0) is 11.3 Å². The van der Waals surface area contributed by atoms with Crippen LogP contribution < -0.4 is 0 Å². The molecule has 4 nitrogen and oxygen atoms in total. The van der Waals surface area contributed by atoms with Crippen molar-refractivity contribution in [1.29, 1.82) is 0 Å². The van der Waals surface area contributed by atoms with Gasteiger partial charge in [-0.05, 0) is 19.4 Å². The number of rotatable bonds is 2. The van der Waals surface area contributed by atoms with Gasteiger partial charge in [-0.15, -0.1) is 0 Å². The van der Waals surface area contributed by atoms with Crippen LogP contribution in [0.15, 0.2) is 35.3 Å². The third-order valence-electron chi connectivity index (χ3n) is 2.54. The fourth-order valence-corrected chi connectivity index (χ4v) is 1.64. The second-order valence-electron chi connectivity index (χ2n) is 4.73. The van der Waals surface area contributed by atoms with Gasteiger partial charge in [-0.3, -0.25) is 9.89 Å². The summed E-state index contributed by atoms with van der Waals surface area (Å²) in [5, 5.41) is 0. The summed E-state index contributed by atoms with van der Waals surface area (Å²) in [5.41, 5.74) is 0.780. The van der Waals surface area contributed by atoms with Crippen molar-refractivity contribution in [3.63, 3.8) is 0 Å². The molecule has 4 heteroatoms. The minimum atomic E-state index is -0.344. The van der Waals surface area contributed by atoms with Crippen LogP contribution in [0.4, 0.5) is 4.79 Å². The third-order valence-corrected chi connectivity index (χ3v) is 2.54. The number of ether oxygens (including phenoxy) is 1. The predicted molar refractivity (Wildman–Crippen MR) is 65.9 cm³/mol. The second kappa shape index (κ2) is 4.57. The molecule has 1 heterocycles. The van der Waals surface area contributed by atoms with E-state index < -0.39 is 0 Å². The van der Waals surface area contributed by atoms with E-state index in [-0.39, 0.29) is 11.6 Å². The number of hydrogen-bond acceptors (Lipinski definition) is 3. The molecule has 0 aliphatic carbocycles. The van der Waals surface area contributed by atoms with Gasteiger partial charge in [0.1, 0.15) is 6.61 Å². The zero-order valence-electron chi connectivity index (χ0n) is 10.1. The minimum Gasteiger partial charge on any atom is -0.444 e. The van der Waals surface area contributed by atoms with Gasteiger partial charge < -0.3 is 4.74 Å². The minimum absolute atomic E-state index is 0.203. The molecule has 0 spiro atoms. The van der Waals surface area contributed by atoms with Gasteiger partial charge in [0.25, 0.3) is 0 Å². The van der Waals surface area contributed by atoms with E-state index in [1.807, 2.05) is 44.2 Å². The molecule has 17 heavy (non-hydrogen) atoms. The summed E-state index contributed by atoms with van der Waals surface area (Å²) in [6.07, 6.45) is 1.20. The van der Waals surface area contributed by atoms with Gasteiger partial charge >= 0.3 is 6.09 Å². The first-order chi connectivity index (χ1) is 8.07. The van der Waals surface area contributed by atoms with Crippen molar-refractivity contribution in [2.75, 3.05) is 6.54 Å². The SMILES string of the molecule is CC1(C)CN(C(=O)OCc2ccccc2)C=N1. The van der Waals surface area contributed by atoms with E-state index in [1.165, 1.54) is 4.90 Å². The first-order valence-electron chi connectivity index (χ1n) is 5.59. The Labute approximate surface area is 101 Å². The highest BCUT2D eigenvalue weighted by Gasteiger charge is 2.29. The van der Waals surface area contributed by atoms with E-state index in [9.17, 15) is 4.79 Å². The van der Waals surface area contributed by atoms with Crippen LogP contribution >= 0.6 is 0 Å². The summed E-state index contributed by atoms with van der Waals surface area (Å²) in [4.78, 5) is 17.4. The van der Waals surface area contributed by atoms with Crippen LogP contribution in [0, 0.1) is 0 Å². The Balaban J connectivity index is 1.85. The molecule has 1 aliphatic rings. The fraction of sp³-hybridized carbons (Fsp3) is 0.385. The maximum absolute atomic E-state index is 11.7. The summed E-state index contributed by atoms with van der Waals surface area (Å²) in [6, 6.07) is 9.62. The lowest BCUT2D eigenvalue weighted by Gasteiger charge is -2.17. The number of amides is 1. The lowest BCUT2D eigenvalue weighted by molar-refractivity contribution is 0.116. The largest absolute Gasteiger partial charge is 0.444 e. The smallest absolute Gasteiger partial charge is 0.415 e. The number of benzene rings is 1. The topological polar surface area (TPSA) is 41.9 Å². The molecule has 1 amide bonds. The van der Waals surface area contributed by atoms with E-state index in [0.29, 0.717) is 13.2 Å².